The molecular weight excluding hydrogens is 582 g/mol. The second kappa shape index (κ2) is 15.5. The zero-order chi connectivity index (χ0) is 32.5. The van der Waals surface area contributed by atoms with Gasteiger partial charge in [0.1, 0.15) is 17.0 Å². The lowest BCUT2D eigenvalue weighted by Crippen LogP contribution is -2.22. The Hall–Kier alpha value is -4.43. The summed E-state index contributed by atoms with van der Waals surface area (Å²) in [6.07, 6.45) is 6.24. The molecule has 2 aromatic carbocycles. The van der Waals surface area contributed by atoms with Crippen LogP contribution in [-0.2, 0) is 13.1 Å². The number of nitrogens with one attached hydrogen (secondary N) is 1. The molecule has 0 aliphatic carbocycles. The van der Waals surface area contributed by atoms with Gasteiger partial charge in [-0.3, -0.25) is 14.4 Å². The molecule has 0 bridgehead atoms. The van der Waals surface area contributed by atoms with Crippen LogP contribution in [0.3, 0.4) is 0 Å². The molecule has 0 saturated carbocycles. The summed E-state index contributed by atoms with van der Waals surface area (Å²) < 4.78 is 14.9. The van der Waals surface area contributed by atoms with Crippen LogP contribution in [0.5, 0.6) is 0 Å². The van der Waals surface area contributed by atoms with Gasteiger partial charge >= 0.3 is 0 Å². The first-order valence-electron chi connectivity index (χ1n) is 15.5. The fourth-order valence-electron chi connectivity index (χ4n) is 4.61. The normalized spacial score (nSPS) is 11.9. The second-order valence-corrected chi connectivity index (χ2v) is 12.2. The molecule has 0 radical (unpaired) electrons. The van der Waals surface area contributed by atoms with Gasteiger partial charge in [0.25, 0.3) is 5.56 Å². The maximum absolute atomic E-state index is 13.4. The van der Waals surface area contributed by atoms with Crippen LogP contribution >= 0.6 is 11.3 Å². The quantitative estimate of drug-likeness (QED) is 0.149. The lowest BCUT2D eigenvalue weighted by molar-refractivity contribution is 0.626. The molecule has 3 heterocycles. The number of halogens is 1. The van der Waals surface area contributed by atoms with Gasteiger partial charge in [0, 0.05) is 27.7 Å². The van der Waals surface area contributed by atoms with Crippen LogP contribution in [-0.4, -0.2) is 20.7 Å². The smallest absolute Gasteiger partial charge is 0.265 e. The van der Waals surface area contributed by atoms with Crippen molar-refractivity contribution in [1.82, 2.24) is 14.5 Å². The topological polar surface area (TPSA) is 72.2 Å². The van der Waals surface area contributed by atoms with Gasteiger partial charge in [0.2, 0.25) is 0 Å². The summed E-state index contributed by atoms with van der Waals surface area (Å²) in [5, 5.41) is 3.78. The van der Waals surface area contributed by atoms with Crippen LogP contribution in [0, 0.1) is 17.7 Å². The average molecular weight is 624 g/mol. The third kappa shape index (κ3) is 8.19. The molecule has 3 aromatic heterocycles. The summed E-state index contributed by atoms with van der Waals surface area (Å²) in [5.74, 6) is 0.887. The number of hydrogen-bond acceptors (Lipinski definition) is 6. The van der Waals surface area contributed by atoms with Gasteiger partial charge in [-0.2, -0.15) is 0 Å². The van der Waals surface area contributed by atoms with E-state index in [4.69, 9.17) is 4.99 Å². The molecule has 1 unspecified atom stereocenters. The predicted molar refractivity (Wildman–Crippen MR) is 189 cm³/mol. The zero-order valence-electron chi connectivity index (χ0n) is 27.0. The van der Waals surface area contributed by atoms with Gasteiger partial charge in [-0.25, -0.2) is 14.4 Å². The van der Waals surface area contributed by atoms with E-state index in [0.29, 0.717) is 35.1 Å². The van der Waals surface area contributed by atoms with Crippen LogP contribution in [0.15, 0.2) is 89.6 Å². The summed E-state index contributed by atoms with van der Waals surface area (Å²) in [6, 6.07) is 18.4. The number of anilines is 1. The number of nitrogens with zero attached hydrogens (tertiary/aromatic N) is 4. The Labute approximate surface area is 269 Å². The van der Waals surface area contributed by atoms with Crippen molar-refractivity contribution in [3.63, 3.8) is 0 Å². The minimum Gasteiger partial charge on any atom is -0.364 e. The first-order chi connectivity index (χ1) is 21.7. The van der Waals surface area contributed by atoms with E-state index >= 15 is 0 Å². The molecule has 0 saturated heterocycles. The molecule has 234 valence electrons. The highest BCUT2D eigenvalue weighted by Gasteiger charge is 2.14. The number of thiophene rings is 1. The van der Waals surface area contributed by atoms with Crippen molar-refractivity contribution in [3.8, 4) is 10.4 Å². The molecule has 1 atom stereocenters. The van der Waals surface area contributed by atoms with Gasteiger partial charge in [-0.05, 0) is 77.4 Å². The van der Waals surface area contributed by atoms with Crippen LogP contribution in [0.25, 0.3) is 26.9 Å². The highest BCUT2D eigenvalue weighted by Crippen LogP contribution is 2.36. The van der Waals surface area contributed by atoms with Crippen molar-refractivity contribution in [2.45, 2.75) is 61.1 Å². The molecule has 45 heavy (non-hydrogen) atoms. The molecule has 0 spiro atoms. The number of aromatic nitrogens is 3. The van der Waals surface area contributed by atoms with Gasteiger partial charge < -0.3 is 5.32 Å². The number of benzene rings is 2. The van der Waals surface area contributed by atoms with Gasteiger partial charge in [-0.15, -0.1) is 11.3 Å². The van der Waals surface area contributed by atoms with Crippen molar-refractivity contribution >= 4 is 45.5 Å². The van der Waals surface area contributed by atoms with E-state index in [2.05, 4.69) is 79.9 Å². The van der Waals surface area contributed by atoms with E-state index < -0.39 is 0 Å². The van der Waals surface area contributed by atoms with Crippen molar-refractivity contribution in [1.29, 1.82) is 0 Å². The first kappa shape index (κ1) is 33.5. The largest absolute Gasteiger partial charge is 0.364 e. The number of fused-ring (bicyclic) bond motifs is 1. The third-order valence-electron chi connectivity index (χ3n) is 7.53. The summed E-state index contributed by atoms with van der Waals surface area (Å²) in [4.78, 5) is 29.4. The fourth-order valence-corrected chi connectivity index (χ4v) is 5.56. The van der Waals surface area contributed by atoms with E-state index in [1.165, 1.54) is 23.0 Å². The van der Waals surface area contributed by atoms with Crippen molar-refractivity contribution in [2.75, 3.05) is 5.32 Å². The molecule has 0 fully saturated rings. The Balaban J connectivity index is 0.00000226. The minimum absolute atomic E-state index is 0.203. The van der Waals surface area contributed by atoms with Crippen LogP contribution in [0.1, 0.15) is 64.0 Å². The van der Waals surface area contributed by atoms with Crippen molar-refractivity contribution < 1.29 is 4.39 Å². The monoisotopic (exact) mass is 623 g/mol. The molecule has 1 N–H and O–H groups in total. The molecule has 0 aliphatic rings. The lowest BCUT2D eigenvalue weighted by Gasteiger charge is -2.14. The van der Waals surface area contributed by atoms with E-state index in [0.717, 1.165) is 44.1 Å². The standard InChI is InChI=1S/C35H36FN5OS.C2H6/c1-6-23(4)18-38-30-13-9-26(17-29(30)24(5)22(2)3)32-14-12-28(43-32)19-39-34-33-31(15-16-37-34)40-21-41(35(33)42)20-25-7-10-27(36)11-8-25;1-2/h7-18,21-23H,5-6,19-20H2,1-4H3,(H,37,39);1-2H3. The molecule has 0 amide bonds. The molecule has 5 aromatic rings. The molecule has 5 rings (SSSR count). The SMILES string of the molecule is C=C(c1cc(-c2ccc(CNc3nccc4ncn(Cc5ccc(F)cc5)c(=O)c34)s2)ccc1N=CC(C)CC)C(C)C.CC. The minimum atomic E-state index is -0.315. The number of rotatable bonds is 11. The zero-order valence-corrected chi connectivity index (χ0v) is 27.8. The summed E-state index contributed by atoms with van der Waals surface area (Å²) in [5.41, 5.74) is 5.38. The van der Waals surface area contributed by atoms with E-state index in [-0.39, 0.29) is 17.9 Å². The highest BCUT2D eigenvalue weighted by molar-refractivity contribution is 7.15. The third-order valence-corrected chi connectivity index (χ3v) is 8.67. The van der Waals surface area contributed by atoms with Gasteiger partial charge in [0.15, 0.2) is 0 Å². The molecule has 8 heteroatoms. The van der Waals surface area contributed by atoms with Crippen LogP contribution in [0.2, 0.25) is 0 Å². The van der Waals surface area contributed by atoms with Crippen molar-refractivity contribution in [2.24, 2.45) is 16.8 Å². The fraction of sp³-hybridized carbons (Fsp3) is 0.297. The number of hydrogen-bond donors (Lipinski definition) is 1. The Morgan fingerprint density at radius 1 is 1.07 bits per heavy atom. The average Bonchev–Trinajstić information content (AvgIpc) is 3.54. The second-order valence-electron chi connectivity index (χ2n) is 11.1. The maximum atomic E-state index is 13.4. The van der Waals surface area contributed by atoms with Crippen molar-refractivity contribution in [3.05, 3.63) is 112 Å². The molecule has 0 aliphatic heterocycles. The van der Waals surface area contributed by atoms with E-state index in [1.807, 2.05) is 20.1 Å². The number of aliphatic imine (C=N–C) groups is 1. The Morgan fingerprint density at radius 3 is 2.53 bits per heavy atom. The maximum Gasteiger partial charge on any atom is 0.265 e. The molecular formula is C37H42FN5OS. The number of pyridine rings is 1. The highest BCUT2D eigenvalue weighted by atomic mass is 32.1. The predicted octanol–water partition coefficient (Wildman–Crippen LogP) is 9.76. The van der Waals surface area contributed by atoms with E-state index in [9.17, 15) is 9.18 Å². The summed E-state index contributed by atoms with van der Waals surface area (Å²) >= 11 is 1.69. The summed E-state index contributed by atoms with van der Waals surface area (Å²) in [6.45, 7) is 17.8. The van der Waals surface area contributed by atoms with Gasteiger partial charge in [0.05, 0.1) is 30.6 Å². The first-order valence-corrected chi connectivity index (χ1v) is 16.3. The lowest BCUT2D eigenvalue weighted by atomic mass is 9.94. The van der Waals surface area contributed by atoms with E-state index in [1.54, 1.807) is 35.7 Å². The Morgan fingerprint density at radius 2 is 1.82 bits per heavy atom. The van der Waals surface area contributed by atoms with Gasteiger partial charge in [-0.1, -0.05) is 66.3 Å². The summed E-state index contributed by atoms with van der Waals surface area (Å²) in [7, 11) is 0. The Kier molecular flexibility index (Phi) is 11.5. The molecule has 6 nitrogen and oxygen atoms in total. The Bertz CT molecular complexity index is 1840. The van der Waals surface area contributed by atoms with Crippen LogP contribution in [0.4, 0.5) is 15.9 Å². The number of allylic oxidation sites excluding steroid dienone is 1. The van der Waals surface area contributed by atoms with Crippen LogP contribution < -0.4 is 10.9 Å².